The van der Waals surface area contributed by atoms with Gasteiger partial charge in [0.25, 0.3) is 0 Å². The Morgan fingerprint density at radius 2 is 1.95 bits per heavy atom. The van der Waals surface area contributed by atoms with Crippen molar-refractivity contribution in [1.82, 2.24) is 0 Å². The summed E-state index contributed by atoms with van der Waals surface area (Å²) in [4.78, 5) is 11.2. The number of carbonyl (C=O) groups is 1. The lowest BCUT2D eigenvalue weighted by Gasteiger charge is -2.04. The molecule has 1 heterocycles. The van der Waals surface area contributed by atoms with Gasteiger partial charge in [-0.2, -0.15) is 0 Å². The zero-order valence-corrected chi connectivity index (χ0v) is 12.4. The molecule has 0 saturated carbocycles. The van der Waals surface area contributed by atoms with Gasteiger partial charge in [-0.25, -0.2) is 4.79 Å². The van der Waals surface area contributed by atoms with Gasteiger partial charge in [0.1, 0.15) is 5.58 Å². The van der Waals surface area contributed by atoms with Crippen LogP contribution < -0.4 is 0 Å². The van der Waals surface area contributed by atoms with E-state index in [1.54, 1.807) is 6.07 Å². The highest BCUT2D eigenvalue weighted by Crippen LogP contribution is 2.26. The minimum atomic E-state index is -1.05. The van der Waals surface area contributed by atoms with Crippen molar-refractivity contribution < 1.29 is 19.1 Å². The number of fused-ring (bicyclic) bond motifs is 1. The van der Waals surface area contributed by atoms with Gasteiger partial charge in [0.05, 0.1) is 6.61 Å². The number of carboxylic acid groups (broad SMARTS) is 1. The summed E-state index contributed by atoms with van der Waals surface area (Å²) in [7, 11) is 0. The third kappa shape index (κ3) is 4.08. The predicted molar refractivity (Wildman–Crippen MR) is 81.6 cm³/mol. The molecule has 0 aliphatic heterocycles. The van der Waals surface area contributed by atoms with Gasteiger partial charge >= 0.3 is 5.97 Å². The number of aromatic carboxylic acids is 1. The first kappa shape index (κ1) is 15.6. The van der Waals surface area contributed by atoms with Crippen LogP contribution in [0.4, 0.5) is 0 Å². The Balaban J connectivity index is 1.94. The average molecular weight is 290 g/mol. The minimum Gasteiger partial charge on any atom is -0.475 e. The summed E-state index contributed by atoms with van der Waals surface area (Å²) in [6, 6.07) is 7.34. The number of ether oxygens (including phenoxy) is 1. The summed E-state index contributed by atoms with van der Waals surface area (Å²) < 4.78 is 11.0. The summed E-state index contributed by atoms with van der Waals surface area (Å²) in [5.74, 6) is -1.06. The van der Waals surface area contributed by atoms with Crippen LogP contribution in [-0.2, 0) is 11.3 Å². The van der Waals surface area contributed by atoms with E-state index in [0.29, 0.717) is 17.8 Å². The number of para-hydroxylation sites is 1. The van der Waals surface area contributed by atoms with E-state index in [9.17, 15) is 9.90 Å². The SMILES string of the molecule is CCCCCCCOCc1c(C(=O)O)oc2ccccc12. The number of furan rings is 1. The molecular formula is C17H22O4. The van der Waals surface area contributed by atoms with Gasteiger partial charge in [0.15, 0.2) is 0 Å². The molecule has 4 nitrogen and oxygen atoms in total. The number of carboxylic acids is 1. The van der Waals surface area contributed by atoms with Crippen LogP contribution in [0.1, 0.15) is 55.1 Å². The molecule has 2 rings (SSSR count). The van der Waals surface area contributed by atoms with E-state index in [1.165, 1.54) is 19.3 Å². The molecule has 0 saturated heterocycles. The molecule has 0 radical (unpaired) electrons. The summed E-state index contributed by atoms with van der Waals surface area (Å²) in [6.45, 7) is 3.13. The molecule has 2 aromatic rings. The highest BCUT2D eigenvalue weighted by atomic mass is 16.5. The van der Waals surface area contributed by atoms with Gasteiger partial charge in [0, 0.05) is 17.6 Å². The molecule has 0 aliphatic rings. The maximum Gasteiger partial charge on any atom is 0.372 e. The first-order chi connectivity index (χ1) is 10.2. The fourth-order valence-electron chi connectivity index (χ4n) is 2.40. The van der Waals surface area contributed by atoms with E-state index in [2.05, 4.69) is 6.92 Å². The van der Waals surface area contributed by atoms with Gasteiger partial charge in [-0.1, -0.05) is 50.8 Å². The molecule has 1 aromatic carbocycles. The average Bonchev–Trinajstić information content (AvgIpc) is 2.85. The van der Waals surface area contributed by atoms with Gasteiger partial charge in [-0.3, -0.25) is 0 Å². The second-order valence-electron chi connectivity index (χ2n) is 5.18. The third-order valence-electron chi connectivity index (χ3n) is 3.53. The Morgan fingerprint density at radius 3 is 2.71 bits per heavy atom. The predicted octanol–water partition coefficient (Wildman–Crippen LogP) is 4.62. The molecule has 0 atom stereocenters. The molecule has 21 heavy (non-hydrogen) atoms. The van der Waals surface area contributed by atoms with Crippen molar-refractivity contribution in [3.63, 3.8) is 0 Å². The minimum absolute atomic E-state index is 0.0119. The van der Waals surface area contributed by atoms with Crippen LogP contribution in [0.25, 0.3) is 11.0 Å². The first-order valence-electron chi connectivity index (χ1n) is 7.55. The van der Waals surface area contributed by atoms with E-state index in [0.717, 1.165) is 18.2 Å². The van der Waals surface area contributed by atoms with Crippen LogP contribution in [-0.4, -0.2) is 17.7 Å². The van der Waals surface area contributed by atoms with Crippen molar-refractivity contribution >= 4 is 16.9 Å². The number of unbranched alkanes of at least 4 members (excludes halogenated alkanes) is 4. The highest BCUT2D eigenvalue weighted by molar-refractivity contribution is 5.94. The van der Waals surface area contributed by atoms with Gasteiger partial charge in [-0.05, 0) is 12.5 Å². The van der Waals surface area contributed by atoms with E-state index in [1.807, 2.05) is 18.2 Å². The summed E-state index contributed by atoms with van der Waals surface area (Å²) >= 11 is 0. The van der Waals surface area contributed by atoms with Crippen LogP contribution in [0.15, 0.2) is 28.7 Å². The van der Waals surface area contributed by atoms with E-state index in [-0.39, 0.29) is 12.4 Å². The summed E-state index contributed by atoms with van der Waals surface area (Å²) in [5.41, 5.74) is 1.23. The molecule has 1 N–H and O–H groups in total. The number of rotatable bonds is 9. The Bertz CT molecular complexity index is 585. The number of benzene rings is 1. The van der Waals surface area contributed by atoms with Gasteiger partial charge in [-0.15, -0.1) is 0 Å². The zero-order chi connectivity index (χ0) is 15.1. The second-order valence-corrected chi connectivity index (χ2v) is 5.18. The summed E-state index contributed by atoms with van der Waals surface area (Å²) in [5, 5.41) is 10.0. The smallest absolute Gasteiger partial charge is 0.372 e. The first-order valence-corrected chi connectivity index (χ1v) is 7.55. The molecular weight excluding hydrogens is 268 g/mol. The Kier molecular flexibility index (Phi) is 5.81. The number of hydrogen-bond acceptors (Lipinski definition) is 3. The van der Waals surface area contributed by atoms with Crippen molar-refractivity contribution in [2.45, 2.75) is 45.6 Å². The molecule has 114 valence electrons. The molecule has 0 aliphatic carbocycles. The lowest BCUT2D eigenvalue weighted by atomic mass is 10.1. The van der Waals surface area contributed by atoms with Crippen molar-refractivity contribution in [2.75, 3.05) is 6.61 Å². The van der Waals surface area contributed by atoms with Crippen molar-refractivity contribution in [2.24, 2.45) is 0 Å². The van der Waals surface area contributed by atoms with Crippen LogP contribution in [0, 0.1) is 0 Å². The van der Waals surface area contributed by atoms with Crippen LogP contribution in [0.2, 0.25) is 0 Å². The molecule has 1 aromatic heterocycles. The molecule has 0 fully saturated rings. The largest absolute Gasteiger partial charge is 0.475 e. The fourth-order valence-corrected chi connectivity index (χ4v) is 2.40. The maximum atomic E-state index is 11.2. The lowest BCUT2D eigenvalue weighted by molar-refractivity contribution is 0.0652. The molecule has 4 heteroatoms. The Morgan fingerprint density at radius 1 is 1.19 bits per heavy atom. The quantitative estimate of drug-likeness (QED) is 0.685. The standard InChI is InChI=1S/C17H22O4/c1-2-3-4-5-8-11-20-12-14-13-9-6-7-10-15(13)21-16(14)17(18)19/h6-7,9-10H,2-5,8,11-12H2,1H3,(H,18,19). The molecule has 0 unspecified atom stereocenters. The Labute approximate surface area is 124 Å². The Hall–Kier alpha value is -1.81. The molecule has 0 spiro atoms. The second kappa shape index (κ2) is 7.84. The van der Waals surface area contributed by atoms with Crippen LogP contribution in [0.3, 0.4) is 0 Å². The lowest BCUT2D eigenvalue weighted by Crippen LogP contribution is -2.02. The van der Waals surface area contributed by atoms with E-state index in [4.69, 9.17) is 9.15 Å². The van der Waals surface area contributed by atoms with Crippen LogP contribution >= 0.6 is 0 Å². The van der Waals surface area contributed by atoms with Gasteiger partial charge in [0.2, 0.25) is 5.76 Å². The number of hydrogen-bond donors (Lipinski definition) is 1. The van der Waals surface area contributed by atoms with Crippen molar-refractivity contribution in [3.8, 4) is 0 Å². The van der Waals surface area contributed by atoms with Crippen LogP contribution in [0.5, 0.6) is 0 Å². The topological polar surface area (TPSA) is 59.7 Å². The van der Waals surface area contributed by atoms with Crippen molar-refractivity contribution in [3.05, 3.63) is 35.6 Å². The van der Waals surface area contributed by atoms with Crippen molar-refractivity contribution in [1.29, 1.82) is 0 Å². The van der Waals surface area contributed by atoms with E-state index >= 15 is 0 Å². The third-order valence-corrected chi connectivity index (χ3v) is 3.53. The monoisotopic (exact) mass is 290 g/mol. The van der Waals surface area contributed by atoms with Gasteiger partial charge < -0.3 is 14.3 Å². The normalized spacial score (nSPS) is 11.1. The molecule has 0 bridgehead atoms. The van der Waals surface area contributed by atoms with E-state index < -0.39 is 5.97 Å². The molecule has 0 amide bonds. The highest BCUT2D eigenvalue weighted by Gasteiger charge is 2.19. The maximum absolute atomic E-state index is 11.2. The summed E-state index contributed by atoms with van der Waals surface area (Å²) in [6.07, 6.45) is 5.89. The fraction of sp³-hybridized carbons (Fsp3) is 0.471. The zero-order valence-electron chi connectivity index (χ0n) is 12.4.